The standard InChI is InChI=1S/C19H23NO7S/c1-5-27-14-6-9-16(10-7-14)28(22,23)20(13-19(21)26-4)17-11-8-15(24-2)12-18(17)25-3/h6-12H,5,13H2,1-4H3. The summed E-state index contributed by atoms with van der Waals surface area (Å²) in [4.78, 5) is 11.9. The Bertz CT molecular complexity index is 910. The van der Waals surface area contributed by atoms with Gasteiger partial charge in [-0.05, 0) is 43.3 Å². The lowest BCUT2D eigenvalue weighted by Gasteiger charge is -2.25. The van der Waals surface area contributed by atoms with Crippen LogP contribution in [-0.4, -0.2) is 48.9 Å². The van der Waals surface area contributed by atoms with Crippen LogP contribution in [0.4, 0.5) is 5.69 Å². The summed E-state index contributed by atoms with van der Waals surface area (Å²) in [6.07, 6.45) is 0. The van der Waals surface area contributed by atoms with Gasteiger partial charge in [0.2, 0.25) is 0 Å². The molecular weight excluding hydrogens is 386 g/mol. The van der Waals surface area contributed by atoms with E-state index in [1.54, 1.807) is 18.2 Å². The molecule has 0 aromatic heterocycles. The van der Waals surface area contributed by atoms with Gasteiger partial charge in [0.15, 0.2) is 0 Å². The molecule has 0 unspecified atom stereocenters. The van der Waals surface area contributed by atoms with Crippen LogP contribution in [0.15, 0.2) is 47.4 Å². The van der Waals surface area contributed by atoms with Crippen LogP contribution in [0.5, 0.6) is 17.2 Å². The van der Waals surface area contributed by atoms with Gasteiger partial charge >= 0.3 is 5.97 Å². The van der Waals surface area contributed by atoms with Gasteiger partial charge in [-0.2, -0.15) is 0 Å². The highest BCUT2D eigenvalue weighted by Crippen LogP contribution is 2.35. The molecule has 0 atom stereocenters. The van der Waals surface area contributed by atoms with Gasteiger partial charge in [-0.15, -0.1) is 0 Å². The number of esters is 1. The average molecular weight is 409 g/mol. The fourth-order valence-electron chi connectivity index (χ4n) is 2.47. The Balaban J connectivity index is 2.54. The zero-order valence-corrected chi connectivity index (χ0v) is 17.0. The molecule has 0 saturated heterocycles. The molecule has 0 aliphatic rings. The van der Waals surface area contributed by atoms with Gasteiger partial charge in [-0.1, -0.05) is 0 Å². The highest BCUT2D eigenvalue weighted by molar-refractivity contribution is 7.92. The van der Waals surface area contributed by atoms with E-state index in [0.717, 1.165) is 4.31 Å². The smallest absolute Gasteiger partial charge is 0.326 e. The molecule has 2 aromatic rings. The van der Waals surface area contributed by atoms with E-state index in [-0.39, 0.29) is 16.3 Å². The van der Waals surface area contributed by atoms with E-state index < -0.39 is 22.5 Å². The predicted molar refractivity (Wildman–Crippen MR) is 104 cm³/mol. The second-order valence-corrected chi connectivity index (χ2v) is 7.39. The van der Waals surface area contributed by atoms with Crippen molar-refractivity contribution in [2.45, 2.75) is 11.8 Å². The molecule has 0 amide bonds. The highest BCUT2D eigenvalue weighted by Gasteiger charge is 2.30. The molecule has 8 nitrogen and oxygen atoms in total. The van der Waals surface area contributed by atoms with Crippen molar-refractivity contribution in [2.24, 2.45) is 0 Å². The molecule has 0 heterocycles. The van der Waals surface area contributed by atoms with Gasteiger partial charge in [-0.25, -0.2) is 8.42 Å². The van der Waals surface area contributed by atoms with Crippen LogP contribution in [0, 0.1) is 0 Å². The first-order valence-corrected chi connectivity index (χ1v) is 9.85. The molecule has 152 valence electrons. The largest absolute Gasteiger partial charge is 0.497 e. The molecular formula is C19H23NO7S. The summed E-state index contributed by atoms with van der Waals surface area (Å²) in [5, 5.41) is 0. The molecule has 2 aromatic carbocycles. The maximum atomic E-state index is 13.3. The minimum atomic E-state index is -4.09. The number of anilines is 1. The molecule has 9 heteroatoms. The van der Waals surface area contributed by atoms with Crippen molar-refractivity contribution in [3.05, 3.63) is 42.5 Å². The maximum absolute atomic E-state index is 13.3. The van der Waals surface area contributed by atoms with E-state index in [1.807, 2.05) is 6.92 Å². The van der Waals surface area contributed by atoms with E-state index in [9.17, 15) is 13.2 Å². The molecule has 0 aliphatic carbocycles. The van der Waals surface area contributed by atoms with Crippen LogP contribution in [0.2, 0.25) is 0 Å². The number of benzene rings is 2. The third-order valence-electron chi connectivity index (χ3n) is 3.88. The summed E-state index contributed by atoms with van der Waals surface area (Å²) in [5.74, 6) is 0.547. The number of ether oxygens (including phenoxy) is 4. The number of carbonyl (C=O) groups is 1. The summed E-state index contributed by atoms with van der Waals surface area (Å²) < 4.78 is 47.9. The van der Waals surface area contributed by atoms with Gasteiger partial charge in [0.25, 0.3) is 10.0 Å². The Morgan fingerprint density at radius 3 is 2.14 bits per heavy atom. The Kier molecular flexibility index (Phi) is 7.11. The van der Waals surface area contributed by atoms with E-state index in [4.69, 9.17) is 14.2 Å². The Morgan fingerprint density at radius 2 is 1.61 bits per heavy atom. The number of hydrogen-bond donors (Lipinski definition) is 0. The van der Waals surface area contributed by atoms with Crippen molar-refractivity contribution in [1.29, 1.82) is 0 Å². The molecule has 0 fully saturated rings. The zero-order chi connectivity index (χ0) is 20.7. The van der Waals surface area contributed by atoms with E-state index in [0.29, 0.717) is 18.1 Å². The van der Waals surface area contributed by atoms with Crippen molar-refractivity contribution >= 4 is 21.7 Å². The summed E-state index contributed by atoms with van der Waals surface area (Å²) in [7, 11) is -0.0129. The lowest BCUT2D eigenvalue weighted by molar-refractivity contribution is -0.138. The molecule has 0 aliphatic heterocycles. The minimum Gasteiger partial charge on any atom is -0.497 e. The van der Waals surface area contributed by atoms with Gasteiger partial charge in [0.05, 0.1) is 38.5 Å². The van der Waals surface area contributed by atoms with Crippen LogP contribution >= 0.6 is 0 Å². The third kappa shape index (κ3) is 4.66. The van der Waals surface area contributed by atoms with Crippen molar-refractivity contribution in [3.8, 4) is 17.2 Å². The van der Waals surface area contributed by atoms with Gasteiger partial charge in [0, 0.05) is 6.07 Å². The van der Waals surface area contributed by atoms with Crippen molar-refractivity contribution in [1.82, 2.24) is 0 Å². The minimum absolute atomic E-state index is 0.00210. The normalized spacial score (nSPS) is 10.9. The SMILES string of the molecule is CCOc1ccc(S(=O)(=O)N(CC(=O)OC)c2ccc(OC)cc2OC)cc1. The van der Waals surface area contributed by atoms with Gasteiger partial charge < -0.3 is 18.9 Å². The van der Waals surface area contributed by atoms with Crippen LogP contribution in [0.1, 0.15) is 6.92 Å². The Morgan fingerprint density at radius 1 is 0.964 bits per heavy atom. The lowest BCUT2D eigenvalue weighted by atomic mass is 10.2. The summed E-state index contributed by atoms with van der Waals surface area (Å²) >= 11 is 0. The fourth-order valence-corrected chi connectivity index (χ4v) is 3.89. The average Bonchev–Trinajstić information content (AvgIpc) is 2.71. The summed E-state index contributed by atoms with van der Waals surface area (Å²) in [6, 6.07) is 10.6. The topological polar surface area (TPSA) is 91.4 Å². The fraction of sp³-hybridized carbons (Fsp3) is 0.316. The van der Waals surface area contributed by atoms with Crippen molar-refractivity contribution < 1.29 is 32.2 Å². The van der Waals surface area contributed by atoms with Crippen LogP contribution in [0.3, 0.4) is 0 Å². The van der Waals surface area contributed by atoms with Crippen LogP contribution < -0.4 is 18.5 Å². The first kappa shape index (κ1) is 21.4. The van der Waals surface area contributed by atoms with Crippen LogP contribution in [0.25, 0.3) is 0 Å². The zero-order valence-electron chi connectivity index (χ0n) is 16.2. The van der Waals surface area contributed by atoms with Crippen molar-refractivity contribution in [3.63, 3.8) is 0 Å². The number of nitrogens with zero attached hydrogens (tertiary/aromatic N) is 1. The Hall–Kier alpha value is -2.94. The molecule has 28 heavy (non-hydrogen) atoms. The van der Waals surface area contributed by atoms with E-state index in [2.05, 4.69) is 4.74 Å². The lowest BCUT2D eigenvalue weighted by Crippen LogP contribution is -2.36. The van der Waals surface area contributed by atoms with Gasteiger partial charge in [0.1, 0.15) is 23.8 Å². The number of sulfonamides is 1. The molecule has 0 bridgehead atoms. The maximum Gasteiger partial charge on any atom is 0.326 e. The first-order valence-electron chi connectivity index (χ1n) is 8.41. The Labute approximate surface area is 164 Å². The summed E-state index contributed by atoms with van der Waals surface area (Å²) in [6.45, 7) is 1.77. The molecule has 0 saturated carbocycles. The number of methoxy groups -OCH3 is 3. The first-order chi connectivity index (χ1) is 13.4. The highest BCUT2D eigenvalue weighted by atomic mass is 32.2. The van der Waals surface area contributed by atoms with Crippen molar-refractivity contribution in [2.75, 3.05) is 38.8 Å². The van der Waals surface area contributed by atoms with E-state index >= 15 is 0 Å². The summed E-state index contributed by atoms with van der Waals surface area (Å²) in [5.41, 5.74) is 0.183. The molecule has 2 rings (SSSR count). The quantitative estimate of drug-likeness (QED) is 0.588. The number of rotatable bonds is 9. The monoisotopic (exact) mass is 409 g/mol. The van der Waals surface area contributed by atoms with Gasteiger partial charge in [-0.3, -0.25) is 9.10 Å². The second-order valence-electron chi connectivity index (χ2n) is 5.53. The number of carbonyl (C=O) groups excluding carboxylic acids is 1. The molecule has 0 N–H and O–H groups in total. The molecule has 0 spiro atoms. The molecule has 0 radical (unpaired) electrons. The second kappa shape index (κ2) is 9.32. The predicted octanol–water partition coefficient (Wildman–Crippen LogP) is 2.47. The number of hydrogen-bond acceptors (Lipinski definition) is 7. The third-order valence-corrected chi connectivity index (χ3v) is 5.65. The van der Waals surface area contributed by atoms with E-state index in [1.165, 1.54) is 45.6 Å². The van der Waals surface area contributed by atoms with Crippen LogP contribution in [-0.2, 0) is 19.6 Å².